The van der Waals surface area contributed by atoms with Gasteiger partial charge < -0.3 is 20.2 Å². The van der Waals surface area contributed by atoms with Gasteiger partial charge in [-0.25, -0.2) is 9.78 Å². The molecule has 0 aliphatic carbocycles. The summed E-state index contributed by atoms with van der Waals surface area (Å²) in [4.78, 5) is 48.2. The van der Waals surface area contributed by atoms with Gasteiger partial charge in [-0.15, -0.1) is 0 Å². The van der Waals surface area contributed by atoms with E-state index in [0.29, 0.717) is 42.0 Å². The van der Waals surface area contributed by atoms with Crippen LogP contribution < -0.4 is 10.2 Å². The summed E-state index contributed by atoms with van der Waals surface area (Å²) in [6, 6.07) is 6.78. The van der Waals surface area contributed by atoms with Gasteiger partial charge >= 0.3 is 5.97 Å². The van der Waals surface area contributed by atoms with E-state index < -0.39 is 11.4 Å². The number of nitrogens with zero attached hydrogens (tertiary/aromatic N) is 4. The van der Waals surface area contributed by atoms with Crippen molar-refractivity contribution in [3.05, 3.63) is 29.8 Å². The highest BCUT2D eigenvalue weighted by molar-refractivity contribution is 6.05. The van der Waals surface area contributed by atoms with Gasteiger partial charge in [0.1, 0.15) is 5.82 Å². The van der Waals surface area contributed by atoms with Crippen LogP contribution in [0.15, 0.2) is 24.3 Å². The molecule has 1 aromatic heterocycles. The number of carboxylic acids is 1. The van der Waals surface area contributed by atoms with Gasteiger partial charge in [0.25, 0.3) is 0 Å². The number of rotatable bonds is 5. The molecule has 2 fully saturated rings. The average molecular weight is 496 g/mol. The van der Waals surface area contributed by atoms with Crippen molar-refractivity contribution in [3.63, 3.8) is 0 Å². The fourth-order valence-electron chi connectivity index (χ4n) is 4.69. The predicted molar refractivity (Wildman–Crippen MR) is 140 cm³/mol. The van der Waals surface area contributed by atoms with Crippen molar-refractivity contribution >= 4 is 40.2 Å². The van der Waals surface area contributed by atoms with Gasteiger partial charge in [0.2, 0.25) is 11.8 Å². The molecule has 0 saturated carbocycles. The van der Waals surface area contributed by atoms with E-state index in [1.807, 2.05) is 25.7 Å². The summed E-state index contributed by atoms with van der Waals surface area (Å²) < 4.78 is 0. The average Bonchev–Trinajstić information content (AvgIpc) is 3.13. The summed E-state index contributed by atoms with van der Waals surface area (Å²) >= 11 is 0. The zero-order chi connectivity index (χ0) is 25.9. The number of anilines is 2. The minimum absolute atomic E-state index is 0.143. The highest BCUT2D eigenvalue weighted by atomic mass is 16.4. The lowest BCUT2D eigenvalue weighted by atomic mass is 9.95. The minimum Gasteiger partial charge on any atom is -0.478 e. The van der Waals surface area contributed by atoms with Crippen molar-refractivity contribution in [3.8, 4) is 0 Å². The summed E-state index contributed by atoms with van der Waals surface area (Å²) in [5.74, 6) is -0.360. The van der Waals surface area contributed by atoms with Crippen molar-refractivity contribution in [2.75, 3.05) is 56.0 Å². The molecule has 2 N–H and O–H groups in total. The van der Waals surface area contributed by atoms with Crippen molar-refractivity contribution in [1.82, 2.24) is 14.8 Å². The number of hydrogen-bond acceptors (Lipinski definition) is 6. The molecule has 0 bridgehead atoms. The number of hydrogen-bond donors (Lipinski definition) is 2. The maximum Gasteiger partial charge on any atom is 0.336 e. The zero-order valence-corrected chi connectivity index (χ0v) is 21.5. The lowest BCUT2D eigenvalue weighted by molar-refractivity contribution is -0.132. The van der Waals surface area contributed by atoms with E-state index in [4.69, 9.17) is 4.98 Å². The molecule has 4 rings (SSSR count). The highest BCUT2D eigenvalue weighted by Crippen LogP contribution is 2.28. The fraction of sp³-hybridized carbons (Fsp3) is 0.556. The first-order chi connectivity index (χ1) is 17.1. The number of carbonyl (C=O) groups excluding carboxylic acids is 2. The third-order valence-electron chi connectivity index (χ3n) is 6.98. The first kappa shape index (κ1) is 25.9. The van der Waals surface area contributed by atoms with Crippen molar-refractivity contribution < 1.29 is 19.5 Å². The van der Waals surface area contributed by atoms with Crippen LogP contribution >= 0.6 is 0 Å². The number of fused-ring (bicyclic) bond motifs is 1. The Labute approximate surface area is 212 Å². The first-order valence-electron chi connectivity index (χ1n) is 12.9. The SMILES string of the molecule is CC(C)(C)C(=O)Nc1ccc2nc(N3CCN(CC(=O)N4CCCCCC4)CC3)cc(C(=O)O)c2c1. The second kappa shape index (κ2) is 10.8. The number of amides is 2. The van der Waals surface area contributed by atoms with E-state index in [1.165, 1.54) is 12.8 Å². The number of aromatic nitrogens is 1. The maximum absolute atomic E-state index is 12.8. The molecule has 36 heavy (non-hydrogen) atoms. The Morgan fingerprint density at radius 2 is 1.61 bits per heavy atom. The Balaban J connectivity index is 1.45. The Morgan fingerprint density at radius 3 is 2.22 bits per heavy atom. The molecule has 9 nitrogen and oxygen atoms in total. The number of aromatic carboxylic acids is 1. The standard InChI is InChI=1S/C27H37N5O4/c1-27(2,3)26(36)28-19-8-9-22-20(16-19)21(25(34)35)17-23(29-22)31-14-12-30(13-15-31)18-24(33)32-10-6-4-5-7-11-32/h8-9,16-17H,4-7,10-15,18H2,1-3H3,(H,28,36)(H,34,35). The van der Waals surface area contributed by atoms with E-state index in [2.05, 4.69) is 15.1 Å². The molecule has 2 saturated heterocycles. The van der Waals surface area contributed by atoms with Crippen LogP contribution in [0.25, 0.3) is 10.9 Å². The molecular formula is C27H37N5O4. The number of nitrogens with one attached hydrogen (secondary N) is 1. The lowest BCUT2D eigenvalue weighted by Crippen LogP contribution is -2.50. The highest BCUT2D eigenvalue weighted by Gasteiger charge is 2.25. The molecule has 1 aromatic carbocycles. The van der Waals surface area contributed by atoms with E-state index in [1.54, 1.807) is 24.3 Å². The minimum atomic E-state index is -1.04. The van der Waals surface area contributed by atoms with Crippen LogP contribution in [0.4, 0.5) is 11.5 Å². The van der Waals surface area contributed by atoms with Gasteiger partial charge in [-0.1, -0.05) is 33.6 Å². The quantitative estimate of drug-likeness (QED) is 0.654. The molecule has 2 amide bonds. The third kappa shape index (κ3) is 6.13. The van der Waals surface area contributed by atoms with E-state index in [0.717, 1.165) is 39.0 Å². The normalized spacial score (nSPS) is 17.6. The van der Waals surface area contributed by atoms with Crippen LogP contribution in [-0.4, -0.2) is 83.5 Å². The van der Waals surface area contributed by atoms with Gasteiger partial charge in [0.15, 0.2) is 0 Å². The molecule has 194 valence electrons. The third-order valence-corrected chi connectivity index (χ3v) is 6.98. The molecular weight excluding hydrogens is 458 g/mol. The molecule has 2 aromatic rings. The molecule has 2 aliphatic heterocycles. The summed E-state index contributed by atoms with van der Waals surface area (Å²) in [5.41, 5.74) is 0.701. The molecule has 0 radical (unpaired) electrons. The Morgan fingerprint density at radius 1 is 0.944 bits per heavy atom. The van der Waals surface area contributed by atoms with Crippen LogP contribution in [0.5, 0.6) is 0 Å². The van der Waals surface area contributed by atoms with Gasteiger partial charge in [-0.05, 0) is 37.1 Å². The Kier molecular flexibility index (Phi) is 7.78. The number of likely N-dealkylation sites (tertiary alicyclic amines) is 1. The van der Waals surface area contributed by atoms with Gasteiger partial charge in [0, 0.05) is 55.8 Å². The van der Waals surface area contributed by atoms with Crippen LogP contribution in [0.1, 0.15) is 56.8 Å². The molecule has 0 unspecified atom stereocenters. The Bertz CT molecular complexity index is 1130. The number of pyridine rings is 1. The second-order valence-corrected chi connectivity index (χ2v) is 10.8. The van der Waals surface area contributed by atoms with E-state index >= 15 is 0 Å². The van der Waals surface area contributed by atoms with Crippen LogP contribution in [0.3, 0.4) is 0 Å². The molecule has 0 spiro atoms. The summed E-state index contributed by atoms with van der Waals surface area (Å²) in [7, 11) is 0. The van der Waals surface area contributed by atoms with Gasteiger partial charge in [-0.2, -0.15) is 0 Å². The van der Waals surface area contributed by atoms with Crippen molar-refractivity contribution in [1.29, 1.82) is 0 Å². The largest absolute Gasteiger partial charge is 0.478 e. The summed E-state index contributed by atoms with van der Waals surface area (Å²) in [6.45, 7) is 10.4. The van der Waals surface area contributed by atoms with Gasteiger partial charge in [0.05, 0.1) is 17.6 Å². The number of piperazine rings is 1. The summed E-state index contributed by atoms with van der Waals surface area (Å²) in [5, 5.41) is 13.3. The number of carbonyl (C=O) groups is 3. The van der Waals surface area contributed by atoms with Crippen LogP contribution in [-0.2, 0) is 9.59 Å². The monoisotopic (exact) mass is 495 g/mol. The van der Waals surface area contributed by atoms with E-state index in [9.17, 15) is 19.5 Å². The van der Waals surface area contributed by atoms with Crippen LogP contribution in [0, 0.1) is 5.41 Å². The number of benzene rings is 1. The Hall–Kier alpha value is -3.20. The maximum atomic E-state index is 12.8. The molecule has 2 aliphatic rings. The summed E-state index contributed by atoms with van der Waals surface area (Å²) in [6.07, 6.45) is 4.58. The molecule has 3 heterocycles. The second-order valence-electron chi connectivity index (χ2n) is 10.8. The molecule has 9 heteroatoms. The topological polar surface area (TPSA) is 106 Å². The van der Waals surface area contributed by atoms with E-state index in [-0.39, 0.29) is 17.4 Å². The van der Waals surface area contributed by atoms with Crippen molar-refractivity contribution in [2.24, 2.45) is 5.41 Å². The smallest absolute Gasteiger partial charge is 0.336 e. The first-order valence-corrected chi connectivity index (χ1v) is 12.9. The van der Waals surface area contributed by atoms with Crippen LogP contribution in [0.2, 0.25) is 0 Å². The van der Waals surface area contributed by atoms with Gasteiger partial charge in [-0.3, -0.25) is 14.5 Å². The molecule has 0 atom stereocenters. The number of carboxylic acid groups (broad SMARTS) is 1. The van der Waals surface area contributed by atoms with Crippen molar-refractivity contribution in [2.45, 2.75) is 46.5 Å². The lowest BCUT2D eigenvalue weighted by Gasteiger charge is -2.36. The predicted octanol–water partition coefficient (Wildman–Crippen LogP) is 3.44. The fourth-order valence-corrected chi connectivity index (χ4v) is 4.69. The zero-order valence-electron chi connectivity index (χ0n) is 21.5.